The van der Waals surface area contributed by atoms with Gasteiger partial charge in [-0.05, 0) is 30.7 Å². The van der Waals surface area contributed by atoms with Gasteiger partial charge in [-0.3, -0.25) is 29.4 Å². The fourth-order valence-corrected chi connectivity index (χ4v) is 3.16. The second kappa shape index (κ2) is 7.99. The van der Waals surface area contributed by atoms with Crippen LogP contribution in [0.5, 0.6) is 0 Å². The van der Waals surface area contributed by atoms with Gasteiger partial charge in [-0.1, -0.05) is 31.9 Å². The third-order valence-electron chi connectivity index (χ3n) is 4.62. The average molecular weight is 381 g/mol. The van der Waals surface area contributed by atoms with E-state index >= 15 is 0 Å². The molecule has 3 amide bonds. The standard InChI is InChI=1S/C20H19N3O5/c1-2-3-8-17(18(24)21-13-9-11-14(12-10-13)23(27)28)22-19(25)15-6-4-5-7-16(15)20(22)26/h4-7,9-12,17H,2-3,8H2,1H3,(H,21,24)/t17-/m1/s1. The molecule has 0 spiro atoms. The van der Waals surface area contributed by atoms with Crippen LogP contribution in [0, 0.1) is 10.1 Å². The van der Waals surface area contributed by atoms with Gasteiger partial charge in [0.25, 0.3) is 17.5 Å². The minimum absolute atomic E-state index is 0.0964. The highest BCUT2D eigenvalue weighted by Crippen LogP contribution is 2.27. The molecule has 0 saturated heterocycles. The maximum absolute atomic E-state index is 12.9. The van der Waals surface area contributed by atoms with Crippen LogP contribution in [0.4, 0.5) is 11.4 Å². The van der Waals surface area contributed by atoms with Crippen molar-refractivity contribution in [2.24, 2.45) is 0 Å². The molecule has 1 heterocycles. The number of nitrogens with one attached hydrogen (secondary N) is 1. The Morgan fingerprint density at radius 1 is 1.07 bits per heavy atom. The SMILES string of the molecule is CCCC[C@H](C(=O)Nc1ccc([N+](=O)[O-])cc1)N1C(=O)c2ccccc2C1=O. The quantitative estimate of drug-likeness (QED) is 0.449. The van der Waals surface area contributed by atoms with Gasteiger partial charge in [0.2, 0.25) is 5.91 Å². The Bertz CT molecular complexity index is 904. The minimum Gasteiger partial charge on any atom is -0.324 e. The van der Waals surface area contributed by atoms with E-state index in [4.69, 9.17) is 0 Å². The monoisotopic (exact) mass is 381 g/mol. The van der Waals surface area contributed by atoms with E-state index < -0.39 is 28.7 Å². The van der Waals surface area contributed by atoms with Crippen molar-refractivity contribution < 1.29 is 19.3 Å². The molecule has 0 radical (unpaired) electrons. The number of hydrogen-bond acceptors (Lipinski definition) is 5. The van der Waals surface area contributed by atoms with E-state index in [-0.39, 0.29) is 16.8 Å². The van der Waals surface area contributed by atoms with Crippen LogP contribution < -0.4 is 5.32 Å². The molecule has 1 aliphatic rings. The molecular formula is C20H19N3O5. The number of imide groups is 1. The van der Waals surface area contributed by atoms with E-state index in [1.807, 2.05) is 6.92 Å². The predicted octanol–water partition coefficient (Wildman–Crippen LogP) is 3.39. The summed E-state index contributed by atoms with van der Waals surface area (Å²) in [6.07, 6.45) is 1.79. The molecular weight excluding hydrogens is 362 g/mol. The van der Waals surface area contributed by atoms with Crippen molar-refractivity contribution in [2.45, 2.75) is 32.2 Å². The van der Waals surface area contributed by atoms with E-state index in [1.54, 1.807) is 24.3 Å². The molecule has 8 heteroatoms. The minimum atomic E-state index is -0.956. The summed E-state index contributed by atoms with van der Waals surface area (Å²) in [6.45, 7) is 1.95. The number of unbranched alkanes of at least 4 members (excludes halogenated alkanes) is 1. The lowest BCUT2D eigenvalue weighted by molar-refractivity contribution is -0.384. The number of nitro groups is 1. The van der Waals surface area contributed by atoms with E-state index in [1.165, 1.54) is 24.3 Å². The van der Waals surface area contributed by atoms with Crippen LogP contribution in [0.15, 0.2) is 48.5 Å². The summed E-state index contributed by atoms with van der Waals surface area (Å²) < 4.78 is 0. The highest BCUT2D eigenvalue weighted by molar-refractivity contribution is 6.23. The number of non-ortho nitro benzene ring substituents is 1. The first-order valence-corrected chi connectivity index (χ1v) is 8.96. The summed E-state index contributed by atoms with van der Waals surface area (Å²) in [6, 6.07) is 10.9. The van der Waals surface area contributed by atoms with Crippen molar-refractivity contribution in [1.29, 1.82) is 0 Å². The molecule has 8 nitrogen and oxygen atoms in total. The van der Waals surface area contributed by atoms with Crippen molar-refractivity contribution in [3.05, 3.63) is 69.8 Å². The Kier molecular flexibility index (Phi) is 5.49. The third-order valence-corrected chi connectivity index (χ3v) is 4.62. The van der Waals surface area contributed by atoms with E-state index in [2.05, 4.69) is 5.32 Å². The largest absolute Gasteiger partial charge is 0.324 e. The van der Waals surface area contributed by atoms with Gasteiger partial charge in [0, 0.05) is 17.8 Å². The number of carbonyl (C=O) groups is 3. The number of fused-ring (bicyclic) bond motifs is 1. The Morgan fingerprint density at radius 2 is 1.64 bits per heavy atom. The fourth-order valence-electron chi connectivity index (χ4n) is 3.16. The molecule has 0 bridgehead atoms. The van der Waals surface area contributed by atoms with Crippen LogP contribution >= 0.6 is 0 Å². The number of nitrogens with zero attached hydrogens (tertiary/aromatic N) is 2. The number of amides is 3. The van der Waals surface area contributed by atoms with Gasteiger partial charge in [-0.25, -0.2) is 0 Å². The van der Waals surface area contributed by atoms with Gasteiger partial charge in [0.1, 0.15) is 6.04 Å². The molecule has 1 atom stereocenters. The van der Waals surface area contributed by atoms with Gasteiger partial charge >= 0.3 is 0 Å². The zero-order valence-corrected chi connectivity index (χ0v) is 15.3. The lowest BCUT2D eigenvalue weighted by Gasteiger charge is -2.25. The van der Waals surface area contributed by atoms with Crippen molar-refractivity contribution in [3.8, 4) is 0 Å². The van der Waals surface area contributed by atoms with Gasteiger partial charge in [0.05, 0.1) is 16.1 Å². The summed E-state index contributed by atoms with van der Waals surface area (Å²) >= 11 is 0. The van der Waals surface area contributed by atoms with E-state index in [0.717, 1.165) is 11.3 Å². The van der Waals surface area contributed by atoms with E-state index in [0.29, 0.717) is 18.5 Å². The fraction of sp³-hybridized carbons (Fsp3) is 0.250. The predicted molar refractivity (Wildman–Crippen MR) is 102 cm³/mol. The first kappa shape index (κ1) is 19.2. The Hall–Kier alpha value is -3.55. The van der Waals surface area contributed by atoms with Crippen LogP contribution in [-0.2, 0) is 4.79 Å². The topological polar surface area (TPSA) is 110 Å². The molecule has 0 fully saturated rings. The molecule has 0 aliphatic carbocycles. The molecule has 2 aromatic carbocycles. The first-order valence-electron chi connectivity index (χ1n) is 8.96. The van der Waals surface area contributed by atoms with Gasteiger partial charge in [-0.15, -0.1) is 0 Å². The number of nitro benzene ring substituents is 1. The number of carbonyl (C=O) groups excluding carboxylic acids is 3. The molecule has 0 saturated carbocycles. The number of hydrogen-bond donors (Lipinski definition) is 1. The Balaban J connectivity index is 1.84. The Morgan fingerprint density at radius 3 is 2.14 bits per heavy atom. The zero-order valence-electron chi connectivity index (χ0n) is 15.3. The van der Waals surface area contributed by atoms with Crippen LogP contribution in [0.2, 0.25) is 0 Å². The summed E-state index contributed by atoms with van der Waals surface area (Å²) in [5, 5.41) is 13.4. The number of benzene rings is 2. The molecule has 28 heavy (non-hydrogen) atoms. The molecule has 0 aromatic heterocycles. The Labute approximate surface area is 161 Å². The normalized spacial score (nSPS) is 14.0. The number of rotatable bonds is 7. The maximum Gasteiger partial charge on any atom is 0.269 e. The summed E-state index contributed by atoms with van der Waals surface area (Å²) in [4.78, 5) is 49.6. The van der Waals surface area contributed by atoms with Gasteiger partial charge in [-0.2, -0.15) is 0 Å². The second-order valence-corrected chi connectivity index (χ2v) is 6.48. The third kappa shape index (κ3) is 3.62. The summed E-state index contributed by atoms with van der Waals surface area (Å²) in [7, 11) is 0. The molecule has 1 N–H and O–H groups in total. The van der Waals surface area contributed by atoms with Crippen LogP contribution in [0.25, 0.3) is 0 Å². The number of anilines is 1. The molecule has 2 aromatic rings. The van der Waals surface area contributed by atoms with Crippen molar-refractivity contribution >= 4 is 29.1 Å². The van der Waals surface area contributed by atoms with Crippen molar-refractivity contribution in [2.75, 3.05) is 5.32 Å². The lowest BCUT2D eigenvalue weighted by atomic mass is 10.1. The summed E-state index contributed by atoms with van der Waals surface area (Å²) in [5.74, 6) is -1.47. The molecule has 3 rings (SSSR count). The highest BCUT2D eigenvalue weighted by atomic mass is 16.6. The first-order chi connectivity index (χ1) is 13.4. The highest BCUT2D eigenvalue weighted by Gasteiger charge is 2.42. The van der Waals surface area contributed by atoms with Crippen LogP contribution in [0.3, 0.4) is 0 Å². The molecule has 0 unspecified atom stereocenters. The average Bonchev–Trinajstić information content (AvgIpc) is 2.94. The maximum atomic E-state index is 12.9. The molecule has 144 valence electrons. The zero-order chi connectivity index (χ0) is 20.3. The second-order valence-electron chi connectivity index (χ2n) is 6.48. The smallest absolute Gasteiger partial charge is 0.269 e. The van der Waals surface area contributed by atoms with Gasteiger partial charge < -0.3 is 5.32 Å². The molecule has 1 aliphatic heterocycles. The van der Waals surface area contributed by atoms with Crippen molar-refractivity contribution in [3.63, 3.8) is 0 Å². The van der Waals surface area contributed by atoms with Crippen molar-refractivity contribution in [1.82, 2.24) is 4.90 Å². The van der Waals surface area contributed by atoms with Gasteiger partial charge in [0.15, 0.2) is 0 Å². The van der Waals surface area contributed by atoms with E-state index in [9.17, 15) is 24.5 Å². The van der Waals surface area contributed by atoms with Crippen LogP contribution in [-0.4, -0.2) is 33.6 Å². The van der Waals surface area contributed by atoms with Crippen LogP contribution in [0.1, 0.15) is 46.9 Å². The lowest BCUT2D eigenvalue weighted by Crippen LogP contribution is -2.47. The summed E-state index contributed by atoms with van der Waals surface area (Å²) in [5.41, 5.74) is 0.837.